The zero-order valence-electron chi connectivity index (χ0n) is 12.8. The van der Waals surface area contributed by atoms with Gasteiger partial charge in [-0.25, -0.2) is 15.0 Å². The molecular formula is C13H22Cl2N6S. The molecule has 9 heteroatoms. The molecule has 6 nitrogen and oxygen atoms in total. The van der Waals surface area contributed by atoms with Gasteiger partial charge in [0.1, 0.15) is 0 Å². The van der Waals surface area contributed by atoms with Crippen molar-refractivity contribution >= 4 is 53.6 Å². The third-order valence-corrected chi connectivity index (χ3v) is 4.04. The molecule has 0 aliphatic carbocycles. The number of anilines is 1. The highest BCUT2D eigenvalue weighted by atomic mass is 35.5. The fraction of sp³-hybridized carbons (Fsp3) is 0.615. The first-order chi connectivity index (χ1) is 9.83. The summed E-state index contributed by atoms with van der Waals surface area (Å²) in [5.41, 5.74) is 1.89. The van der Waals surface area contributed by atoms with Crippen molar-refractivity contribution in [1.82, 2.24) is 24.8 Å². The first-order valence-electron chi connectivity index (χ1n) is 7.06. The molecule has 1 N–H and O–H groups in total. The van der Waals surface area contributed by atoms with E-state index in [0.717, 1.165) is 61.3 Å². The minimum atomic E-state index is 0. The van der Waals surface area contributed by atoms with E-state index in [2.05, 4.69) is 31.7 Å². The summed E-state index contributed by atoms with van der Waals surface area (Å²) in [4.78, 5) is 16.2. The van der Waals surface area contributed by atoms with Crippen molar-refractivity contribution in [3.63, 3.8) is 0 Å². The summed E-state index contributed by atoms with van der Waals surface area (Å²) in [6.07, 6.45) is 4.98. The van der Waals surface area contributed by atoms with E-state index in [-0.39, 0.29) is 24.8 Å². The van der Waals surface area contributed by atoms with Gasteiger partial charge in [0.2, 0.25) is 0 Å². The second-order valence-corrected chi connectivity index (χ2v) is 5.65. The molecule has 0 atom stereocenters. The van der Waals surface area contributed by atoms with Crippen molar-refractivity contribution < 1.29 is 0 Å². The van der Waals surface area contributed by atoms with Crippen molar-refractivity contribution in [2.24, 2.45) is 0 Å². The molecule has 1 fully saturated rings. The second-order valence-electron chi connectivity index (χ2n) is 4.88. The number of fused-ring (bicyclic) bond motifs is 1. The molecule has 1 saturated heterocycles. The van der Waals surface area contributed by atoms with Crippen LogP contribution in [0.2, 0.25) is 0 Å². The maximum Gasteiger partial charge on any atom is 0.191 e. The zero-order valence-corrected chi connectivity index (χ0v) is 15.2. The Hall–Kier alpha value is -0.760. The van der Waals surface area contributed by atoms with Crippen LogP contribution >= 0.6 is 36.6 Å². The molecule has 1 aliphatic rings. The molecule has 0 radical (unpaired) electrons. The predicted molar refractivity (Wildman–Crippen MR) is 97.0 cm³/mol. The highest BCUT2D eigenvalue weighted by Crippen LogP contribution is 2.25. The average Bonchev–Trinajstić information content (AvgIpc) is 2.91. The van der Waals surface area contributed by atoms with E-state index in [1.807, 2.05) is 12.6 Å². The van der Waals surface area contributed by atoms with E-state index in [4.69, 9.17) is 4.98 Å². The van der Waals surface area contributed by atoms with Gasteiger partial charge in [-0.05, 0) is 12.7 Å². The number of nitrogens with zero attached hydrogens (tertiary/aromatic N) is 5. The van der Waals surface area contributed by atoms with Gasteiger partial charge in [-0.15, -0.1) is 24.8 Å². The fourth-order valence-corrected chi connectivity index (χ4v) is 2.86. The molecule has 0 amide bonds. The van der Waals surface area contributed by atoms with Gasteiger partial charge in [0.05, 0.1) is 6.33 Å². The predicted octanol–water partition coefficient (Wildman–Crippen LogP) is 2.21. The molecule has 2 aromatic heterocycles. The van der Waals surface area contributed by atoms with Crippen LogP contribution in [0.4, 0.5) is 5.82 Å². The molecule has 0 spiro atoms. The van der Waals surface area contributed by atoms with Crippen LogP contribution in [0.25, 0.3) is 11.2 Å². The molecule has 0 saturated carbocycles. The summed E-state index contributed by atoms with van der Waals surface area (Å²) in [7, 11) is 0. The Morgan fingerprint density at radius 3 is 2.59 bits per heavy atom. The Morgan fingerprint density at radius 1 is 1.23 bits per heavy atom. The highest BCUT2D eigenvalue weighted by Gasteiger charge is 2.19. The van der Waals surface area contributed by atoms with Crippen LogP contribution in [0.3, 0.4) is 0 Å². The molecule has 0 aromatic carbocycles. The van der Waals surface area contributed by atoms with Crippen LogP contribution < -0.4 is 10.2 Å². The smallest absolute Gasteiger partial charge is 0.191 e. The summed E-state index contributed by atoms with van der Waals surface area (Å²) >= 11 is 1.59. The Labute approximate surface area is 147 Å². The molecule has 3 heterocycles. The van der Waals surface area contributed by atoms with E-state index in [0.29, 0.717) is 0 Å². The van der Waals surface area contributed by atoms with Gasteiger partial charge in [-0.3, -0.25) is 0 Å². The van der Waals surface area contributed by atoms with Gasteiger partial charge in [-0.1, -0.05) is 18.7 Å². The summed E-state index contributed by atoms with van der Waals surface area (Å²) in [5.74, 6) is 0.982. The number of thioether (sulfide) groups is 1. The van der Waals surface area contributed by atoms with Gasteiger partial charge in [0.25, 0.3) is 0 Å². The molecule has 1 aliphatic heterocycles. The van der Waals surface area contributed by atoms with Crippen molar-refractivity contribution in [2.45, 2.75) is 25.0 Å². The van der Waals surface area contributed by atoms with E-state index in [9.17, 15) is 0 Å². The van der Waals surface area contributed by atoms with Crippen molar-refractivity contribution in [2.75, 3.05) is 37.3 Å². The molecule has 0 bridgehead atoms. The third kappa shape index (κ3) is 3.76. The number of halogens is 2. The van der Waals surface area contributed by atoms with E-state index in [1.54, 1.807) is 11.8 Å². The largest absolute Gasteiger partial charge is 0.352 e. The quantitative estimate of drug-likeness (QED) is 0.662. The molecule has 3 rings (SSSR count). The van der Waals surface area contributed by atoms with Crippen molar-refractivity contribution in [1.29, 1.82) is 0 Å². The number of rotatable bonds is 4. The van der Waals surface area contributed by atoms with Crippen LogP contribution in [-0.2, 0) is 6.54 Å². The van der Waals surface area contributed by atoms with Gasteiger partial charge >= 0.3 is 0 Å². The monoisotopic (exact) mass is 364 g/mol. The topological polar surface area (TPSA) is 58.9 Å². The van der Waals surface area contributed by atoms with Crippen LogP contribution in [-0.4, -0.2) is 52.0 Å². The van der Waals surface area contributed by atoms with Crippen LogP contribution in [0, 0.1) is 0 Å². The standard InChI is InChI=1S/C13H20N6S.2ClH/c1-3-6-19-9-15-10-11(18-7-4-14-5-8-18)16-13(20-2)17-12(10)19;;/h9,14H,3-8H2,1-2H3;2*1H. The summed E-state index contributed by atoms with van der Waals surface area (Å²) in [6, 6.07) is 0. The minimum absolute atomic E-state index is 0. The first-order valence-corrected chi connectivity index (χ1v) is 8.28. The third-order valence-electron chi connectivity index (χ3n) is 3.49. The van der Waals surface area contributed by atoms with Crippen molar-refractivity contribution in [3.05, 3.63) is 6.33 Å². The lowest BCUT2D eigenvalue weighted by atomic mass is 10.3. The number of piperazine rings is 1. The van der Waals surface area contributed by atoms with E-state index >= 15 is 0 Å². The second kappa shape index (κ2) is 8.76. The summed E-state index contributed by atoms with van der Waals surface area (Å²) < 4.78 is 2.13. The number of aromatic nitrogens is 4. The lowest BCUT2D eigenvalue weighted by Gasteiger charge is -2.28. The van der Waals surface area contributed by atoms with Gasteiger partial charge < -0.3 is 14.8 Å². The average molecular weight is 365 g/mol. The number of nitrogens with one attached hydrogen (secondary N) is 1. The maximum absolute atomic E-state index is 4.69. The number of aryl methyl sites for hydroxylation is 1. The molecule has 2 aromatic rings. The Bertz CT molecular complexity index is 599. The summed E-state index contributed by atoms with van der Waals surface area (Å²) in [5, 5.41) is 4.19. The van der Waals surface area contributed by atoms with Crippen LogP contribution in [0.5, 0.6) is 0 Å². The van der Waals surface area contributed by atoms with Gasteiger partial charge in [0.15, 0.2) is 22.1 Å². The number of imidazole rings is 1. The zero-order chi connectivity index (χ0) is 13.9. The molecule has 124 valence electrons. The molecule has 22 heavy (non-hydrogen) atoms. The van der Waals surface area contributed by atoms with Gasteiger partial charge in [0, 0.05) is 32.7 Å². The Kier molecular flexibility index (Phi) is 7.68. The van der Waals surface area contributed by atoms with E-state index in [1.165, 1.54) is 0 Å². The lowest BCUT2D eigenvalue weighted by Crippen LogP contribution is -2.44. The van der Waals surface area contributed by atoms with Gasteiger partial charge in [-0.2, -0.15) is 0 Å². The SMILES string of the molecule is CCCn1cnc2c(N3CCNCC3)nc(SC)nc21.Cl.Cl. The minimum Gasteiger partial charge on any atom is -0.352 e. The van der Waals surface area contributed by atoms with Crippen molar-refractivity contribution in [3.8, 4) is 0 Å². The normalized spacial score (nSPS) is 14.5. The van der Waals surface area contributed by atoms with Crippen LogP contribution in [0.1, 0.15) is 13.3 Å². The fourth-order valence-electron chi connectivity index (χ4n) is 2.50. The molecular weight excluding hydrogens is 343 g/mol. The number of hydrogen-bond acceptors (Lipinski definition) is 6. The molecule has 0 unspecified atom stereocenters. The maximum atomic E-state index is 4.69. The Balaban J connectivity index is 0.00000121. The van der Waals surface area contributed by atoms with E-state index < -0.39 is 0 Å². The summed E-state index contributed by atoms with van der Waals surface area (Å²) in [6.45, 7) is 7.05. The highest BCUT2D eigenvalue weighted by molar-refractivity contribution is 7.98. The van der Waals surface area contributed by atoms with Crippen LogP contribution in [0.15, 0.2) is 11.5 Å². The Morgan fingerprint density at radius 2 is 1.95 bits per heavy atom. The lowest BCUT2D eigenvalue weighted by molar-refractivity contribution is 0.584. The number of hydrogen-bond donors (Lipinski definition) is 1. The first kappa shape index (κ1) is 19.3.